The summed E-state index contributed by atoms with van der Waals surface area (Å²) in [6, 6.07) is 62.2. The number of hydrogen-bond acceptors (Lipinski definition) is 27. The molecular weight excluding hydrogens is 1610 g/mol. The van der Waals surface area contributed by atoms with Crippen molar-refractivity contribution in [1.29, 1.82) is 0 Å². The molecule has 2 atom stereocenters. The van der Waals surface area contributed by atoms with Crippen LogP contribution in [0.25, 0.3) is 110 Å². The lowest BCUT2D eigenvalue weighted by Gasteiger charge is -2.27. The number of hydrogen-bond donors (Lipinski definition) is 8. The van der Waals surface area contributed by atoms with E-state index in [1.165, 1.54) is 112 Å². The molecule has 8 N–H and O–H groups in total. The average Bonchev–Trinajstić information content (AvgIpc) is 1.63. The number of phenols is 8. The zero-order valence-corrected chi connectivity index (χ0v) is 67.9. The second-order valence-corrected chi connectivity index (χ2v) is 28.1. The summed E-state index contributed by atoms with van der Waals surface area (Å²) in [5, 5.41) is 78.1. The van der Waals surface area contributed by atoms with Gasteiger partial charge in [-0.25, -0.2) is 0 Å². The SMILES string of the molecule is COc1cc(O)c2c(=O)c(-c3ccc(O)cc3O)coc2c1.COc1ccc(-c2c(C)oc3cc(O)ccc3c2=O)cc1.COc1ccc(-c2coc3cc(O)ccc3c2=O)cc1.COc1ccc(-c2coc3cc(O)ccc3c2=O)cc1OC.COc1ccc2c(=O)c(-c3ccc(O)cc3)coc2c1.COc1ccc2c(c1)O[C@H]1c3ccc(O)cc3OC[C@@H]21. The fraction of sp³-hybridized carbons (Fsp3) is 0.112. The van der Waals surface area contributed by atoms with E-state index in [2.05, 4.69) is 0 Å². The van der Waals surface area contributed by atoms with Crippen molar-refractivity contribution >= 4 is 54.8 Å². The van der Waals surface area contributed by atoms with Crippen molar-refractivity contribution < 1.29 is 106 Å². The fourth-order valence-corrected chi connectivity index (χ4v) is 14.1. The molecule has 27 nitrogen and oxygen atoms in total. The molecular formula is C98H78O27. The molecule has 0 fully saturated rings. The van der Waals surface area contributed by atoms with Gasteiger partial charge in [0.25, 0.3) is 0 Å². The second kappa shape index (κ2) is 36.9. The average molecular weight is 1690 g/mol. The lowest BCUT2D eigenvalue weighted by atomic mass is 9.89. The Morgan fingerprint density at radius 1 is 0.304 bits per heavy atom. The molecule has 7 heterocycles. The van der Waals surface area contributed by atoms with Gasteiger partial charge in [0.15, 0.2) is 27.8 Å². The van der Waals surface area contributed by atoms with Gasteiger partial charge in [-0.15, -0.1) is 0 Å². The quantitative estimate of drug-likeness (QED) is 0.0563. The molecule has 632 valence electrons. The number of fused-ring (bicyclic) bond motifs is 10. The molecule has 0 bridgehead atoms. The van der Waals surface area contributed by atoms with Gasteiger partial charge in [-0.05, 0) is 157 Å². The van der Waals surface area contributed by atoms with Crippen molar-refractivity contribution in [2.45, 2.75) is 18.9 Å². The third-order valence-corrected chi connectivity index (χ3v) is 20.5. The number of benzene rings is 12. The molecule has 27 heteroatoms. The zero-order valence-electron chi connectivity index (χ0n) is 67.9. The summed E-state index contributed by atoms with van der Waals surface area (Å²) < 4.78 is 75.3. The van der Waals surface area contributed by atoms with Crippen LogP contribution >= 0.6 is 0 Å². The van der Waals surface area contributed by atoms with Gasteiger partial charge in [-0.1, -0.05) is 48.5 Å². The predicted octanol–water partition coefficient (Wildman–Crippen LogP) is 18.6. The Labute approximate surface area is 709 Å². The van der Waals surface area contributed by atoms with Crippen LogP contribution in [-0.2, 0) is 0 Å². The molecule has 0 radical (unpaired) electrons. The van der Waals surface area contributed by atoms with Crippen molar-refractivity contribution in [2.24, 2.45) is 0 Å². The van der Waals surface area contributed by atoms with Crippen molar-refractivity contribution in [3.8, 4) is 153 Å². The van der Waals surface area contributed by atoms with E-state index < -0.39 is 5.43 Å². The first-order chi connectivity index (χ1) is 60.4. The number of aromatic hydroxyl groups is 8. The number of aryl methyl sites for hydroxylation is 1. The number of methoxy groups -OCH3 is 7. The number of ether oxygens (including phenoxy) is 9. The molecule has 0 amide bonds. The van der Waals surface area contributed by atoms with Gasteiger partial charge < -0.3 is 106 Å². The van der Waals surface area contributed by atoms with Gasteiger partial charge in [0.05, 0.1) is 112 Å². The van der Waals surface area contributed by atoms with Crippen molar-refractivity contribution in [3.63, 3.8) is 0 Å². The zero-order chi connectivity index (χ0) is 88.4. The van der Waals surface area contributed by atoms with E-state index in [0.717, 1.165) is 51.3 Å². The first-order valence-corrected chi connectivity index (χ1v) is 38.2. The smallest absolute Gasteiger partial charge is 0.204 e. The van der Waals surface area contributed by atoms with Gasteiger partial charge in [0.2, 0.25) is 10.9 Å². The Morgan fingerprint density at radius 3 is 1.29 bits per heavy atom. The lowest BCUT2D eigenvalue weighted by molar-refractivity contribution is 0.139. The Hall–Kier alpha value is -16.7. The summed E-state index contributed by atoms with van der Waals surface area (Å²) in [5.41, 5.74) is 7.91. The number of rotatable bonds is 12. The monoisotopic (exact) mass is 1690 g/mol. The van der Waals surface area contributed by atoms with Crippen LogP contribution in [0.15, 0.2) is 302 Å². The van der Waals surface area contributed by atoms with Crippen LogP contribution in [0.2, 0.25) is 0 Å². The highest BCUT2D eigenvalue weighted by Gasteiger charge is 2.41. The first kappa shape index (κ1) is 84.7. The minimum absolute atomic E-state index is 0.00854. The molecule has 19 rings (SSSR count). The number of phenolic OH excluding ortho intramolecular Hbond substituents is 8. The maximum atomic E-state index is 12.6. The summed E-state index contributed by atoms with van der Waals surface area (Å²) in [6.07, 6.45) is 5.35. The molecule has 2 aliphatic heterocycles. The van der Waals surface area contributed by atoms with Gasteiger partial charge >= 0.3 is 0 Å². The summed E-state index contributed by atoms with van der Waals surface area (Å²) in [5.74, 6) is 6.49. The van der Waals surface area contributed by atoms with E-state index in [9.17, 15) is 64.8 Å². The summed E-state index contributed by atoms with van der Waals surface area (Å²) in [6.45, 7) is 2.30. The van der Waals surface area contributed by atoms with E-state index in [0.29, 0.717) is 118 Å². The van der Waals surface area contributed by atoms with E-state index in [4.69, 9.17) is 64.7 Å². The minimum atomic E-state index is -0.498. The van der Waals surface area contributed by atoms with Crippen LogP contribution in [0.1, 0.15) is 28.9 Å². The van der Waals surface area contributed by atoms with Crippen molar-refractivity contribution in [2.75, 3.05) is 56.4 Å². The highest BCUT2D eigenvalue weighted by atomic mass is 16.5. The summed E-state index contributed by atoms with van der Waals surface area (Å²) in [7, 11) is 10.9. The van der Waals surface area contributed by atoms with Crippen LogP contribution in [0.5, 0.6) is 97.7 Å². The Kier molecular flexibility index (Phi) is 25.0. The van der Waals surface area contributed by atoms with Crippen LogP contribution in [0, 0.1) is 6.92 Å². The van der Waals surface area contributed by atoms with Crippen molar-refractivity contribution in [1.82, 2.24) is 0 Å². The van der Waals surface area contributed by atoms with Crippen LogP contribution < -0.4 is 69.8 Å². The van der Waals surface area contributed by atoms with Crippen LogP contribution in [0.4, 0.5) is 0 Å². The highest BCUT2D eigenvalue weighted by Crippen LogP contribution is 2.52. The molecule has 0 unspecified atom stereocenters. The second-order valence-electron chi connectivity index (χ2n) is 28.1. The standard InChI is InChI=1S/C17H14O5.C17H14O4.C16H12O6.C16H14O4.2C16H12O4/c1-20-14-6-3-10(7-16(14)21-2)13-9-22-15-8-11(18)4-5-12(15)17(13)19;1-10-16(11-3-6-13(20-2)7-4-11)17(19)14-8-5-12(18)9-15(14)21-10;1-21-9-5-13(19)15-14(6-9)22-7-11(16(15)20)10-3-2-8(17)4-12(10)18;1-18-10-3-5-11-13-8-19-14-6-9(17)2-4-12(14)16(13)20-15(11)7-10;1-19-12-5-2-10(3-6-12)14-9-20-15-8-11(17)4-7-13(15)16(14)18;1-19-12-6-7-13-15(8-12)20-9-14(16(13)18)10-2-4-11(17)5-3-10/h3-9,18H,1-2H3;3-9,18H,1-2H3;2-7,17-19H,1H3;2-7,13,16-17H,8H2,1H3;2*2-9,17H,1H3/t;;;13-,16-;;/m...0../s1. The third kappa shape index (κ3) is 18.1. The van der Waals surface area contributed by atoms with Gasteiger partial charge in [0.1, 0.15) is 156 Å². The van der Waals surface area contributed by atoms with Gasteiger partial charge in [0, 0.05) is 71.3 Å². The Balaban J connectivity index is 0.000000122. The lowest BCUT2D eigenvalue weighted by Crippen LogP contribution is -2.22. The molecule has 125 heavy (non-hydrogen) atoms. The highest BCUT2D eigenvalue weighted by molar-refractivity contribution is 5.90. The maximum Gasteiger partial charge on any atom is 0.204 e. The Morgan fingerprint density at radius 2 is 0.728 bits per heavy atom. The maximum absolute atomic E-state index is 12.6. The molecule has 0 aliphatic carbocycles. The fourth-order valence-electron chi connectivity index (χ4n) is 14.1. The van der Waals surface area contributed by atoms with E-state index in [1.54, 1.807) is 158 Å². The Bertz CT molecular complexity index is 7210. The first-order valence-electron chi connectivity index (χ1n) is 38.2. The molecule has 0 saturated heterocycles. The molecule has 17 aromatic rings. The van der Waals surface area contributed by atoms with Crippen LogP contribution in [-0.4, -0.2) is 97.2 Å². The largest absolute Gasteiger partial charge is 0.508 e. The van der Waals surface area contributed by atoms with Crippen molar-refractivity contribution in [3.05, 3.63) is 324 Å². The van der Waals surface area contributed by atoms with Crippen LogP contribution in [0.3, 0.4) is 0 Å². The van der Waals surface area contributed by atoms with E-state index in [-0.39, 0.29) is 102 Å². The predicted molar refractivity (Wildman–Crippen MR) is 468 cm³/mol. The van der Waals surface area contributed by atoms with E-state index >= 15 is 0 Å². The molecule has 0 spiro atoms. The molecule has 0 saturated carbocycles. The summed E-state index contributed by atoms with van der Waals surface area (Å²) in [4.78, 5) is 62.6. The van der Waals surface area contributed by atoms with Gasteiger partial charge in [-0.3, -0.25) is 24.0 Å². The molecule has 2 aliphatic rings. The summed E-state index contributed by atoms with van der Waals surface area (Å²) >= 11 is 0. The van der Waals surface area contributed by atoms with E-state index in [1.807, 2.05) is 36.4 Å². The van der Waals surface area contributed by atoms with Gasteiger partial charge in [-0.2, -0.15) is 0 Å². The normalized spacial score (nSPS) is 12.5. The molecule has 12 aromatic carbocycles. The topological polar surface area (TPSA) is 396 Å². The third-order valence-electron chi connectivity index (χ3n) is 20.5. The molecule has 5 aromatic heterocycles. The minimum Gasteiger partial charge on any atom is -0.508 e.